The van der Waals surface area contributed by atoms with Gasteiger partial charge in [0.1, 0.15) is 0 Å². The van der Waals surface area contributed by atoms with E-state index in [1.807, 2.05) is 31.2 Å². The number of amides is 1. The van der Waals surface area contributed by atoms with Gasteiger partial charge in [0.05, 0.1) is 11.3 Å². The number of hydrogen-bond donors (Lipinski definition) is 1. The molecule has 0 unspecified atom stereocenters. The fourth-order valence-electron chi connectivity index (χ4n) is 2.36. The molecule has 1 atom stereocenters. The number of ether oxygens (including phenoxy) is 1. The number of rotatable bonds is 7. The average molecular weight is 389 g/mol. The second-order valence-corrected chi connectivity index (χ2v) is 8.66. The molecule has 2 aromatic carbocycles. The van der Waals surface area contributed by atoms with Crippen molar-refractivity contribution in [1.29, 1.82) is 0 Å². The Morgan fingerprint density at radius 1 is 1.00 bits per heavy atom. The van der Waals surface area contributed by atoms with Gasteiger partial charge in [0, 0.05) is 12.8 Å². The third-order valence-electron chi connectivity index (χ3n) is 3.86. The first kappa shape index (κ1) is 20.6. The van der Waals surface area contributed by atoms with Crippen molar-refractivity contribution >= 4 is 21.7 Å². The van der Waals surface area contributed by atoms with Crippen LogP contribution in [0.4, 0.5) is 0 Å². The first-order valence-corrected chi connectivity index (χ1v) is 10.5. The second kappa shape index (κ2) is 8.81. The Morgan fingerprint density at radius 2 is 1.56 bits per heavy atom. The quantitative estimate of drug-likeness (QED) is 0.735. The number of aryl methyl sites for hydroxylation is 1. The summed E-state index contributed by atoms with van der Waals surface area (Å²) in [4.78, 5) is 24.3. The van der Waals surface area contributed by atoms with E-state index < -0.39 is 27.8 Å². The summed E-state index contributed by atoms with van der Waals surface area (Å²) in [5.74, 6) is -1.13. The number of esters is 1. The zero-order valence-electron chi connectivity index (χ0n) is 15.6. The van der Waals surface area contributed by atoms with E-state index in [9.17, 15) is 18.0 Å². The van der Waals surface area contributed by atoms with Gasteiger partial charge in [-0.25, -0.2) is 13.2 Å². The molecule has 1 amide bonds. The molecule has 0 radical (unpaired) electrons. The molecule has 144 valence electrons. The molecule has 0 aliphatic rings. The number of carbonyl (C=O) groups is 2. The summed E-state index contributed by atoms with van der Waals surface area (Å²) < 4.78 is 27.7. The summed E-state index contributed by atoms with van der Waals surface area (Å²) >= 11 is 0. The summed E-state index contributed by atoms with van der Waals surface area (Å²) in [7, 11) is -3.14. The highest BCUT2D eigenvalue weighted by Crippen LogP contribution is 2.10. The van der Waals surface area contributed by atoms with Crippen molar-refractivity contribution < 1.29 is 22.7 Å². The van der Waals surface area contributed by atoms with Crippen LogP contribution in [0.5, 0.6) is 0 Å². The minimum absolute atomic E-state index is 0.0971. The summed E-state index contributed by atoms with van der Waals surface area (Å²) in [5.41, 5.74) is 2.92. The minimum Gasteiger partial charge on any atom is -0.449 e. The van der Waals surface area contributed by atoms with Gasteiger partial charge < -0.3 is 10.1 Å². The van der Waals surface area contributed by atoms with Crippen molar-refractivity contribution in [3.8, 4) is 0 Å². The lowest BCUT2D eigenvalue weighted by molar-refractivity contribution is -0.129. The smallest absolute Gasteiger partial charge is 0.338 e. The Hall–Kier alpha value is -2.67. The predicted octanol–water partition coefficient (Wildman–Crippen LogP) is 2.40. The van der Waals surface area contributed by atoms with Gasteiger partial charge in [-0.15, -0.1) is 0 Å². The Morgan fingerprint density at radius 3 is 2.11 bits per heavy atom. The van der Waals surface area contributed by atoms with E-state index in [1.165, 1.54) is 19.1 Å². The van der Waals surface area contributed by atoms with Crippen LogP contribution >= 0.6 is 0 Å². The molecule has 2 aromatic rings. The minimum atomic E-state index is -3.14. The molecule has 27 heavy (non-hydrogen) atoms. The molecule has 0 aromatic heterocycles. The maximum absolute atomic E-state index is 12.1. The van der Waals surface area contributed by atoms with Crippen molar-refractivity contribution in [1.82, 2.24) is 5.32 Å². The highest BCUT2D eigenvalue weighted by molar-refractivity contribution is 7.89. The standard InChI is InChI=1S/C20H23NO5S/c1-14-4-6-16(7-5-14)12-21-19(22)15(2)26-20(23)18-10-8-17(9-11-18)13-27(3,24)25/h4-11,15H,12-13H2,1-3H3,(H,21,22)/t15-/m0/s1. The van der Waals surface area contributed by atoms with Gasteiger partial charge in [-0.05, 0) is 37.1 Å². The molecular formula is C20H23NO5S. The number of carbonyl (C=O) groups excluding carboxylic acids is 2. The summed E-state index contributed by atoms with van der Waals surface area (Å²) in [6.45, 7) is 3.83. The van der Waals surface area contributed by atoms with Crippen molar-refractivity contribution in [3.63, 3.8) is 0 Å². The highest BCUT2D eigenvalue weighted by Gasteiger charge is 2.18. The Balaban J connectivity index is 1.88. The third kappa shape index (κ3) is 6.86. The van der Waals surface area contributed by atoms with Crippen LogP contribution in [0.25, 0.3) is 0 Å². The number of hydrogen-bond acceptors (Lipinski definition) is 5. The summed E-state index contributed by atoms with van der Waals surface area (Å²) in [6.07, 6.45) is 0.199. The molecule has 0 saturated heterocycles. The van der Waals surface area contributed by atoms with E-state index >= 15 is 0 Å². The van der Waals surface area contributed by atoms with E-state index in [0.717, 1.165) is 17.4 Å². The Kier molecular flexibility index (Phi) is 6.74. The van der Waals surface area contributed by atoms with Gasteiger partial charge in [-0.3, -0.25) is 4.79 Å². The zero-order chi connectivity index (χ0) is 20.0. The van der Waals surface area contributed by atoms with E-state index in [4.69, 9.17) is 4.74 Å². The zero-order valence-corrected chi connectivity index (χ0v) is 16.4. The predicted molar refractivity (Wildman–Crippen MR) is 103 cm³/mol. The van der Waals surface area contributed by atoms with Crippen LogP contribution in [-0.4, -0.2) is 32.7 Å². The monoisotopic (exact) mass is 389 g/mol. The maximum Gasteiger partial charge on any atom is 0.338 e. The average Bonchev–Trinajstić information content (AvgIpc) is 2.60. The molecule has 0 fully saturated rings. The molecule has 0 aliphatic carbocycles. The molecular weight excluding hydrogens is 366 g/mol. The van der Waals surface area contributed by atoms with Gasteiger partial charge in [0.15, 0.2) is 15.9 Å². The first-order chi connectivity index (χ1) is 12.6. The number of sulfone groups is 1. The lowest BCUT2D eigenvalue weighted by atomic mass is 10.1. The summed E-state index contributed by atoms with van der Waals surface area (Å²) in [6, 6.07) is 13.8. The maximum atomic E-state index is 12.1. The summed E-state index contributed by atoms with van der Waals surface area (Å²) in [5, 5.41) is 2.73. The van der Waals surface area contributed by atoms with Crippen molar-refractivity contribution in [2.45, 2.75) is 32.2 Å². The van der Waals surface area contributed by atoms with Gasteiger partial charge in [0.2, 0.25) is 0 Å². The SMILES string of the molecule is Cc1ccc(CNC(=O)[C@H](C)OC(=O)c2ccc(CS(C)(=O)=O)cc2)cc1. The van der Waals surface area contributed by atoms with Crippen molar-refractivity contribution in [2.75, 3.05) is 6.26 Å². The second-order valence-electron chi connectivity index (χ2n) is 6.52. The number of benzene rings is 2. The number of nitrogens with one attached hydrogen (secondary N) is 1. The van der Waals surface area contributed by atoms with Crippen LogP contribution in [0.15, 0.2) is 48.5 Å². The molecule has 0 saturated carbocycles. The van der Waals surface area contributed by atoms with Crippen LogP contribution in [0.3, 0.4) is 0 Å². The lowest BCUT2D eigenvalue weighted by Gasteiger charge is -2.14. The van der Waals surface area contributed by atoms with Crippen LogP contribution in [-0.2, 0) is 31.7 Å². The van der Waals surface area contributed by atoms with E-state index in [2.05, 4.69) is 5.32 Å². The van der Waals surface area contributed by atoms with E-state index in [-0.39, 0.29) is 11.3 Å². The third-order valence-corrected chi connectivity index (χ3v) is 4.72. The largest absolute Gasteiger partial charge is 0.449 e. The molecule has 0 aliphatic heterocycles. The Bertz CT molecular complexity index is 902. The van der Waals surface area contributed by atoms with E-state index in [1.54, 1.807) is 12.1 Å². The molecule has 0 heterocycles. The molecule has 0 bridgehead atoms. The normalized spacial score (nSPS) is 12.3. The van der Waals surface area contributed by atoms with Gasteiger partial charge in [-0.1, -0.05) is 42.0 Å². The lowest BCUT2D eigenvalue weighted by Crippen LogP contribution is -2.35. The molecule has 1 N–H and O–H groups in total. The Labute approximate surface area is 159 Å². The molecule has 6 nitrogen and oxygen atoms in total. The van der Waals surface area contributed by atoms with Crippen LogP contribution in [0.2, 0.25) is 0 Å². The molecule has 7 heteroatoms. The highest BCUT2D eigenvalue weighted by atomic mass is 32.2. The fraction of sp³-hybridized carbons (Fsp3) is 0.300. The van der Waals surface area contributed by atoms with Crippen LogP contribution < -0.4 is 5.32 Å². The van der Waals surface area contributed by atoms with Crippen LogP contribution in [0, 0.1) is 6.92 Å². The van der Waals surface area contributed by atoms with Crippen molar-refractivity contribution in [3.05, 3.63) is 70.8 Å². The van der Waals surface area contributed by atoms with E-state index in [0.29, 0.717) is 12.1 Å². The molecule has 2 rings (SSSR count). The first-order valence-electron chi connectivity index (χ1n) is 8.45. The van der Waals surface area contributed by atoms with Gasteiger partial charge in [-0.2, -0.15) is 0 Å². The van der Waals surface area contributed by atoms with Crippen molar-refractivity contribution in [2.24, 2.45) is 0 Å². The van der Waals surface area contributed by atoms with Gasteiger partial charge in [0.25, 0.3) is 5.91 Å². The van der Waals surface area contributed by atoms with Gasteiger partial charge >= 0.3 is 5.97 Å². The van der Waals surface area contributed by atoms with Crippen LogP contribution in [0.1, 0.15) is 34.0 Å². The fourth-order valence-corrected chi connectivity index (χ4v) is 3.16. The molecule has 0 spiro atoms. The topological polar surface area (TPSA) is 89.5 Å².